The van der Waals surface area contributed by atoms with Gasteiger partial charge in [0, 0.05) is 25.5 Å². The van der Waals surface area contributed by atoms with Gasteiger partial charge in [-0.3, -0.25) is 9.48 Å². The maximum atomic E-state index is 13.1. The molecular weight excluding hydrogens is 298 g/mol. The standard InChI is InChI=1S/C20H25N3O/c24-18(21-12-6-14-23-15-7-13-22-23)20(17-8-2-1-3-9-17)16-19(20)10-4-5-11-19/h1-3,7-9,13,15H,4-6,10-12,14,16H2,(H,21,24). The highest BCUT2D eigenvalue weighted by Crippen LogP contribution is 2.72. The van der Waals surface area contributed by atoms with E-state index < -0.39 is 0 Å². The Morgan fingerprint density at radius 2 is 1.96 bits per heavy atom. The second-order valence-corrected chi connectivity index (χ2v) is 7.31. The van der Waals surface area contributed by atoms with E-state index in [4.69, 9.17) is 0 Å². The summed E-state index contributed by atoms with van der Waals surface area (Å²) >= 11 is 0. The maximum Gasteiger partial charge on any atom is 0.231 e. The zero-order valence-corrected chi connectivity index (χ0v) is 14.1. The molecule has 2 aromatic rings. The van der Waals surface area contributed by atoms with Gasteiger partial charge in [0.1, 0.15) is 0 Å². The molecule has 1 amide bonds. The predicted molar refractivity (Wildman–Crippen MR) is 93.5 cm³/mol. The summed E-state index contributed by atoms with van der Waals surface area (Å²) in [4.78, 5) is 13.1. The molecule has 4 nitrogen and oxygen atoms in total. The van der Waals surface area contributed by atoms with Crippen LogP contribution in [0.15, 0.2) is 48.8 Å². The summed E-state index contributed by atoms with van der Waals surface area (Å²) in [5.74, 6) is 0.232. The lowest BCUT2D eigenvalue weighted by Gasteiger charge is -2.22. The van der Waals surface area contributed by atoms with Crippen LogP contribution in [0.4, 0.5) is 0 Å². The molecule has 4 heteroatoms. The summed E-state index contributed by atoms with van der Waals surface area (Å²) in [6.07, 6.45) is 10.6. The van der Waals surface area contributed by atoms with Crippen molar-refractivity contribution in [3.8, 4) is 0 Å². The Bertz CT molecular complexity index is 689. The number of amides is 1. The van der Waals surface area contributed by atoms with Crippen LogP contribution in [0.1, 0.15) is 44.1 Å². The van der Waals surface area contributed by atoms with E-state index in [0.717, 1.165) is 19.4 Å². The molecule has 2 aliphatic carbocycles. The highest BCUT2D eigenvalue weighted by Gasteiger charge is 2.72. The number of nitrogens with zero attached hydrogens (tertiary/aromatic N) is 2. The van der Waals surface area contributed by atoms with E-state index in [-0.39, 0.29) is 16.7 Å². The zero-order chi connectivity index (χ0) is 16.5. The smallest absolute Gasteiger partial charge is 0.231 e. The molecule has 126 valence electrons. The third-order valence-electron chi connectivity index (χ3n) is 6.01. The molecule has 0 saturated heterocycles. The van der Waals surface area contributed by atoms with E-state index in [0.29, 0.717) is 6.54 Å². The van der Waals surface area contributed by atoms with Gasteiger partial charge >= 0.3 is 0 Å². The molecule has 24 heavy (non-hydrogen) atoms. The Morgan fingerprint density at radius 3 is 2.67 bits per heavy atom. The Kier molecular flexibility index (Phi) is 3.91. The third-order valence-corrected chi connectivity index (χ3v) is 6.01. The largest absolute Gasteiger partial charge is 0.355 e. The molecule has 0 aliphatic heterocycles. The van der Waals surface area contributed by atoms with Crippen molar-refractivity contribution >= 4 is 5.91 Å². The van der Waals surface area contributed by atoms with Crippen molar-refractivity contribution in [1.82, 2.24) is 15.1 Å². The Hall–Kier alpha value is -2.10. The monoisotopic (exact) mass is 323 g/mol. The molecule has 1 aromatic carbocycles. The molecule has 0 radical (unpaired) electrons. The van der Waals surface area contributed by atoms with Gasteiger partial charge in [-0.1, -0.05) is 43.2 Å². The molecule has 2 saturated carbocycles. The number of carbonyl (C=O) groups is 1. The number of rotatable bonds is 6. The number of aryl methyl sites for hydroxylation is 1. The van der Waals surface area contributed by atoms with E-state index in [1.165, 1.54) is 31.2 Å². The summed E-state index contributed by atoms with van der Waals surface area (Å²) in [7, 11) is 0. The SMILES string of the molecule is O=C(NCCCn1cccn1)C1(c2ccccc2)CC12CCCC2. The van der Waals surface area contributed by atoms with Gasteiger partial charge in [-0.15, -0.1) is 0 Å². The summed E-state index contributed by atoms with van der Waals surface area (Å²) in [5.41, 5.74) is 1.15. The van der Waals surface area contributed by atoms with Crippen molar-refractivity contribution in [2.75, 3.05) is 6.54 Å². The number of aromatic nitrogens is 2. The molecule has 1 atom stereocenters. The Morgan fingerprint density at radius 1 is 1.17 bits per heavy atom. The quantitative estimate of drug-likeness (QED) is 0.829. The van der Waals surface area contributed by atoms with Crippen LogP contribution < -0.4 is 5.32 Å². The molecule has 1 heterocycles. The lowest BCUT2D eigenvalue weighted by molar-refractivity contribution is -0.124. The molecule has 2 fully saturated rings. The summed E-state index contributed by atoms with van der Waals surface area (Å²) in [6, 6.07) is 12.3. The van der Waals surface area contributed by atoms with E-state index in [9.17, 15) is 4.79 Å². The molecule has 1 N–H and O–H groups in total. The van der Waals surface area contributed by atoms with Gasteiger partial charge in [0.05, 0.1) is 5.41 Å². The summed E-state index contributed by atoms with van der Waals surface area (Å²) < 4.78 is 1.91. The van der Waals surface area contributed by atoms with Crippen molar-refractivity contribution in [3.05, 3.63) is 54.4 Å². The lowest BCUT2D eigenvalue weighted by Crippen LogP contribution is -2.39. The first-order valence-electron chi connectivity index (χ1n) is 9.08. The minimum Gasteiger partial charge on any atom is -0.355 e. The van der Waals surface area contributed by atoms with Crippen LogP contribution in [0.3, 0.4) is 0 Å². The van der Waals surface area contributed by atoms with Gasteiger partial charge in [0.2, 0.25) is 5.91 Å². The average molecular weight is 323 g/mol. The number of hydrogen-bond donors (Lipinski definition) is 1. The number of nitrogens with one attached hydrogen (secondary N) is 1. The van der Waals surface area contributed by atoms with E-state index in [1.807, 2.05) is 23.0 Å². The zero-order valence-electron chi connectivity index (χ0n) is 14.1. The van der Waals surface area contributed by atoms with E-state index >= 15 is 0 Å². The van der Waals surface area contributed by atoms with Gasteiger partial charge in [-0.05, 0) is 42.7 Å². The predicted octanol–water partition coefficient (Wildman–Crippen LogP) is 3.29. The molecule has 1 unspecified atom stereocenters. The normalized spacial score (nSPS) is 24.2. The topological polar surface area (TPSA) is 46.9 Å². The van der Waals surface area contributed by atoms with Crippen LogP contribution in [0.2, 0.25) is 0 Å². The highest BCUT2D eigenvalue weighted by molar-refractivity contribution is 5.93. The number of benzene rings is 1. The fraction of sp³-hybridized carbons (Fsp3) is 0.500. The first-order chi connectivity index (χ1) is 11.8. The van der Waals surface area contributed by atoms with Crippen LogP contribution in [-0.4, -0.2) is 22.2 Å². The fourth-order valence-electron chi connectivity index (χ4n) is 4.73. The van der Waals surface area contributed by atoms with E-state index in [2.05, 4.69) is 34.7 Å². The van der Waals surface area contributed by atoms with Crippen LogP contribution in [0.25, 0.3) is 0 Å². The van der Waals surface area contributed by atoms with Crippen LogP contribution in [-0.2, 0) is 16.8 Å². The molecule has 1 spiro atoms. The van der Waals surface area contributed by atoms with Crippen molar-refractivity contribution < 1.29 is 4.79 Å². The molecule has 0 bridgehead atoms. The minimum absolute atomic E-state index is 0.223. The van der Waals surface area contributed by atoms with Gasteiger partial charge in [0.25, 0.3) is 0 Å². The van der Waals surface area contributed by atoms with Crippen LogP contribution in [0, 0.1) is 5.41 Å². The second-order valence-electron chi connectivity index (χ2n) is 7.31. The first-order valence-corrected chi connectivity index (χ1v) is 9.08. The Labute approximate surface area is 143 Å². The molecule has 1 aromatic heterocycles. The van der Waals surface area contributed by atoms with Gasteiger partial charge < -0.3 is 5.32 Å². The average Bonchev–Trinajstić information content (AvgIpc) is 2.98. The number of hydrogen-bond acceptors (Lipinski definition) is 2. The third kappa shape index (κ3) is 2.45. The molecular formula is C20H25N3O. The van der Waals surface area contributed by atoms with Crippen LogP contribution >= 0.6 is 0 Å². The van der Waals surface area contributed by atoms with Gasteiger partial charge in [0.15, 0.2) is 0 Å². The first kappa shape index (κ1) is 15.4. The molecule has 2 aliphatic rings. The molecule has 4 rings (SSSR count). The maximum absolute atomic E-state index is 13.1. The minimum atomic E-state index is -0.281. The highest BCUT2D eigenvalue weighted by atomic mass is 16.2. The summed E-state index contributed by atoms with van der Waals surface area (Å²) in [5, 5.41) is 7.42. The van der Waals surface area contributed by atoms with Gasteiger partial charge in [-0.25, -0.2) is 0 Å². The van der Waals surface area contributed by atoms with Crippen molar-refractivity contribution in [2.45, 2.75) is 50.5 Å². The summed E-state index contributed by atoms with van der Waals surface area (Å²) in [6.45, 7) is 1.56. The Balaban J connectivity index is 1.43. The van der Waals surface area contributed by atoms with Crippen molar-refractivity contribution in [3.63, 3.8) is 0 Å². The van der Waals surface area contributed by atoms with Crippen molar-refractivity contribution in [2.24, 2.45) is 5.41 Å². The number of carbonyl (C=O) groups excluding carboxylic acids is 1. The van der Waals surface area contributed by atoms with Crippen LogP contribution in [0.5, 0.6) is 0 Å². The van der Waals surface area contributed by atoms with E-state index in [1.54, 1.807) is 6.20 Å². The van der Waals surface area contributed by atoms with Crippen molar-refractivity contribution in [1.29, 1.82) is 0 Å². The van der Waals surface area contributed by atoms with Gasteiger partial charge in [-0.2, -0.15) is 5.10 Å². The second kappa shape index (κ2) is 6.08. The lowest BCUT2D eigenvalue weighted by atomic mass is 9.84. The fourth-order valence-corrected chi connectivity index (χ4v) is 4.73.